The zero-order valence-corrected chi connectivity index (χ0v) is 13.1. The minimum atomic E-state index is -3.80. The number of rotatable bonds is 4. The number of benzene rings is 1. The summed E-state index contributed by atoms with van der Waals surface area (Å²) in [6.07, 6.45) is -0.664. The molecule has 2 aromatic rings. The van der Waals surface area contributed by atoms with Crippen LogP contribution in [0, 0.1) is 0 Å². The van der Waals surface area contributed by atoms with Crippen molar-refractivity contribution in [2.24, 2.45) is 0 Å². The van der Waals surface area contributed by atoms with Gasteiger partial charge in [-0.15, -0.1) is 10.2 Å². The van der Waals surface area contributed by atoms with Crippen molar-refractivity contribution < 1.29 is 21.6 Å². The lowest BCUT2D eigenvalue weighted by Crippen LogP contribution is -2.34. The van der Waals surface area contributed by atoms with Gasteiger partial charge in [0.2, 0.25) is 21.8 Å². The van der Waals surface area contributed by atoms with Crippen molar-refractivity contribution in [2.75, 3.05) is 12.3 Å². The molecule has 1 aliphatic heterocycles. The van der Waals surface area contributed by atoms with E-state index in [1.165, 1.54) is 6.92 Å². The van der Waals surface area contributed by atoms with E-state index in [4.69, 9.17) is 4.42 Å². The topological polar surface area (TPSA) is 76.3 Å². The van der Waals surface area contributed by atoms with Crippen LogP contribution in [0.2, 0.25) is 0 Å². The molecule has 124 valence electrons. The second-order valence-corrected chi connectivity index (χ2v) is 7.54. The van der Waals surface area contributed by atoms with Gasteiger partial charge in [0.25, 0.3) is 5.92 Å². The number of halogens is 2. The Morgan fingerprint density at radius 1 is 1.30 bits per heavy atom. The molecular formula is C14H15F2N3O3S. The molecule has 1 aromatic heterocycles. The molecule has 6 nitrogen and oxygen atoms in total. The first-order chi connectivity index (χ1) is 10.8. The van der Waals surface area contributed by atoms with Crippen LogP contribution in [0.4, 0.5) is 8.78 Å². The van der Waals surface area contributed by atoms with Gasteiger partial charge < -0.3 is 4.42 Å². The molecule has 23 heavy (non-hydrogen) atoms. The zero-order valence-electron chi connectivity index (χ0n) is 12.3. The molecule has 9 heteroatoms. The molecule has 0 aliphatic carbocycles. The Morgan fingerprint density at radius 2 is 2.00 bits per heavy atom. The molecule has 0 radical (unpaired) electrons. The Kier molecular flexibility index (Phi) is 3.93. The average Bonchev–Trinajstić information content (AvgIpc) is 3.12. The maximum Gasteiger partial charge on any atom is 0.263 e. The van der Waals surface area contributed by atoms with E-state index in [0.717, 1.165) is 4.31 Å². The summed E-state index contributed by atoms with van der Waals surface area (Å²) in [7, 11) is -3.80. The Hall–Kier alpha value is -1.87. The monoisotopic (exact) mass is 343 g/mol. The number of hydrogen-bond donors (Lipinski definition) is 0. The van der Waals surface area contributed by atoms with Crippen molar-refractivity contribution >= 4 is 10.0 Å². The minimum Gasteiger partial charge on any atom is -0.419 e. The SMILES string of the molecule is CCS(=O)(=O)N1CC(F)(F)C[C@H]1c1nnc(-c2ccccc2)o1. The van der Waals surface area contributed by atoms with E-state index in [9.17, 15) is 17.2 Å². The number of sulfonamides is 1. The summed E-state index contributed by atoms with van der Waals surface area (Å²) in [5, 5.41) is 7.62. The minimum absolute atomic E-state index is 0.113. The normalized spacial score (nSPS) is 21.6. The summed E-state index contributed by atoms with van der Waals surface area (Å²) >= 11 is 0. The second-order valence-electron chi connectivity index (χ2n) is 5.33. The number of alkyl halides is 2. The fraction of sp³-hybridized carbons (Fsp3) is 0.429. The van der Waals surface area contributed by atoms with E-state index in [-0.39, 0.29) is 17.5 Å². The third kappa shape index (κ3) is 3.11. The van der Waals surface area contributed by atoms with Crippen molar-refractivity contribution in [3.8, 4) is 11.5 Å². The predicted molar refractivity (Wildman–Crippen MR) is 78.2 cm³/mol. The van der Waals surface area contributed by atoms with Gasteiger partial charge in [0, 0.05) is 12.0 Å². The van der Waals surface area contributed by atoms with Crippen LogP contribution < -0.4 is 0 Å². The summed E-state index contributed by atoms with van der Waals surface area (Å²) in [6, 6.07) is 7.70. The summed E-state index contributed by atoms with van der Waals surface area (Å²) in [5.74, 6) is -3.32. The molecular weight excluding hydrogens is 328 g/mol. The summed E-state index contributed by atoms with van der Waals surface area (Å²) in [6.45, 7) is 0.545. The molecule has 0 saturated carbocycles. The van der Waals surface area contributed by atoms with E-state index in [0.29, 0.717) is 5.56 Å². The first kappa shape index (κ1) is 16.0. The van der Waals surface area contributed by atoms with Gasteiger partial charge in [0.05, 0.1) is 12.3 Å². The number of aromatic nitrogens is 2. The fourth-order valence-electron chi connectivity index (χ4n) is 2.52. The van der Waals surface area contributed by atoms with Crippen LogP contribution in [0.15, 0.2) is 34.7 Å². The molecule has 1 aromatic carbocycles. The number of nitrogens with zero attached hydrogens (tertiary/aromatic N) is 3. The quantitative estimate of drug-likeness (QED) is 0.852. The van der Waals surface area contributed by atoms with Crippen molar-refractivity contribution in [1.82, 2.24) is 14.5 Å². The van der Waals surface area contributed by atoms with Crippen LogP contribution in [-0.4, -0.2) is 41.1 Å². The van der Waals surface area contributed by atoms with Gasteiger partial charge in [0.15, 0.2) is 0 Å². The van der Waals surface area contributed by atoms with Gasteiger partial charge >= 0.3 is 0 Å². The van der Waals surface area contributed by atoms with Crippen molar-refractivity contribution in [2.45, 2.75) is 25.3 Å². The maximum atomic E-state index is 13.7. The van der Waals surface area contributed by atoms with Gasteiger partial charge in [-0.1, -0.05) is 18.2 Å². The van der Waals surface area contributed by atoms with Gasteiger partial charge in [-0.25, -0.2) is 17.2 Å². The summed E-state index contributed by atoms with van der Waals surface area (Å²) in [4.78, 5) is 0. The highest BCUT2D eigenvalue weighted by Crippen LogP contribution is 2.42. The molecule has 0 bridgehead atoms. The molecule has 1 atom stereocenters. The molecule has 0 spiro atoms. The molecule has 0 N–H and O–H groups in total. The highest BCUT2D eigenvalue weighted by Gasteiger charge is 2.51. The third-order valence-corrected chi connectivity index (χ3v) is 5.52. The Balaban J connectivity index is 1.95. The Labute approximate surface area is 132 Å². The lowest BCUT2D eigenvalue weighted by Gasteiger charge is -2.19. The molecule has 2 heterocycles. The average molecular weight is 343 g/mol. The summed E-state index contributed by atoms with van der Waals surface area (Å²) in [5.41, 5.74) is 0.640. The van der Waals surface area contributed by atoms with E-state index in [2.05, 4.69) is 10.2 Å². The summed E-state index contributed by atoms with van der Waals surface area (Å²) < 4.78 is 57.8. The van der Waals surface area contributed by atoms with Gasteiger partial charge in [-0.3, -0.25) is 0 Å². The first-order valence-electron chi connectivity index (χ1n) is 7.08. The van der Waals surface area contributed by atoms with Crippen LogP contribution in [-0.2, 0) is 10.0 Å². The van der Waals surface area contributed by atoms with Gasteiger partial charge in [-0.05, 0) is 19.1 Å². The van der Waals surface area contributed by atoms with Crippen LogP contribution in [0.5, 0.6) is 0 Å². The molecule has 0 unspecified atom stereocenters. The van der Waals surface area contributed by atoms with E-state index in [1.54, 1.807) is 24.3 Å². The Morgan fingerprint density at radius 3 is 2.65 bits per heavy atom. The van der Waals surface area contributed by atoms with Crippen LogP contribution >= 0.6 is 0 Å². The van der Waals surface area contributed by atoms with E-state index >= 15 is 0 Å². The largest absolute Gasteiger partial charge is 0.419 e. The highest BCUT2D eigenvalue weighted by atomic mass is 32.2. The lowest BCUT2D eigenvalue weighted by molar-refractivity contribution is 0.0167. The maximum absolute atomic E-state index is 13.7. The van der Waals surface area contributed by atoms with Crippen molar-refractivity contribution in [1.29, 1.82) is 0 Å². The van der Waals surface area contributed by atoms with Crippen molar-refractivity contribution in [3.63, 3.8) is 0 Å². The molecule has 1 fully saturated rings. The number of hydrogen-bond acceptors (Lipinski definition) is 5. The van der Waals surface area contributed by atoms with E-state index in [1.807, 2.05) is 6.07 Å². The van der Waals surface area contributed by atoms with E-state index < -0.39 is 35.0 Å². The molecule has 1 aliphatic rings. The standard InChI is InChI=1S/C14H15F2N3O3S/c1-2-23(20,21)19-9-14(15,16)8-11(19)13-18-17-12(22-13)10-6-4-3-5-7-10/h3-7,11H,2,8-9H2,1H3/t11-/m0/s1. The molecule has 1 saturated heterocycles. The molecule has 3 rings (SSSR count). The van der Waals surface area contributed by atoms with Crippen LogP contribution in [0.1, 0.15) is 25.3 Å². The van der Waals surface area contributed by atoms with Gasteiger partial charge in [0.1, 0.15) is 6.04 Å². The lowest BCUT2D eigenvalue weighted by atomic mass is 10.2. The highest BCUT2D eigenvalue weighted by molar-refractivity contribution is 7.89. The predicted octanol–water partition coefficient (Wildman–Crippen LogP) is 2.47. The second kappa shape index (κ2) is 5.64. The third-order valence-electron chi connectivity index (χ3n) is 3.70. The molecule has 0 amide bonds. The van der Waals surface area contributed by atoms with Gasteiger partial charge in [-0.2, -0.15) is 4.31 Å². The first-order valence-corrected chi connectivity index (χ1v) is 8.69. The smallest absolute Gasteiger partial charge is 0.263 e. The fourth-order valence-corrected chi connectivity index (χ4v) is 3.79. The van der Waals surface area contributed by atoms with Crippen LogP contribution in [0.3, 0.4) is 0 Å². The van der Waals surface area contributed by atoms with Crippen molar-refractivity contribution in [3.05, 3.63) is 36.2 Å². The van der Waals surface area contributed by atoms with Crippen LogP contribution in [0.25, 0.3) is 11.5 Å². The Bertz CT molecular complexity index is 793. The zero-order chi connectivity index (χ0) is 16.7.